The van der Waals surface area contributed by atoms with Gasteiger partial charge < -0.3 is 20.4 Å². The SMILES string of the molecule is COc1ccc(Nc2nccc(Nc3ccc4[nH]c(C)cc4c3F)n2)cn1. The highest BCUT2D eigenvalue weighted by atomic mass is 19.1. The zero-order valence-corrected chi connectivity index (χ0v) is 14.7. The Morgan fingerprint density at radius 2 is 1.96 bits per heavy atom. The van der Waals surface area contributed by atoms with Gasteiger partial charge in [0.25, 0.3) is 0 Å². The second-order valence-corrected chi connectivity index (χ2v) is 5.95. The zero-order valence-electron chi connectivity index (χ0n) is 14.7. The standard InChI is InChI=1S/C19H17FN6O/c1-11-9-13-14(23-11)4-5-15(18(13)20)25-16-7-8-21-19(26-16)24-12-3-6-17(27-2)22-10-12/h3-10,23H,1-2H3,(H2,21,24,25,26). The maximum absolute atomic E-state index is 14.7. The molecule has 27 heavy (non-hydrogen) atoms. The monoisotopic (exact) mass is 364 g/mol. The third-order valence-electron chi connectivity index (χ3n) is 3.99. The summed E-state index contributed by atoms with van der Waals surface area (Å²) in [5.41, 5.74) is 2.72. The fraction of sp³-hybridized carbons (Fsp3) is 0.105. The molecule has 0 radical (unpaired) electrons. The number of hydrogen-bond acceptors (Lipinski definition) is 6. The highest BCUT2D eigenvalue weighted by molar-refractivity contribution is 5.85. The van der Waals surface area contributed by atoms with E-state index in [2.05, 4.69) is 30.6 Å². The molecule has 3 N–H and O–H groups in total. The number of halogens is 1. The number of benzene rings is 1. The van der Waals surface area contributed by atoms with E-state index in [1.54, 1.807) is 49.8 Å². The normalized spacial score (nSPS) is 10.8. The molecule has 136 valence electrons. The fourth-order valence-corrected chi connectivity index (χ4v) is 2.74. The van der Waals surface area contributed by atoms with Crippen LogP contribution in [0.1, 0.15) is 5.69 Å². The zero-order chi connectivity index (χ0) is 18.8. The molecular weight excluding hydrogens is 347 g/mol. The minimum Gasteiger partial charge on any atom is -0.481 e. The molecule has 7 nitrogen and oxygen atoms in total. The third kappa shape index (κ3) is 3.50. The van der Waals surface area contributed by atoms with Crippen molar-refractivity contribution < 1.29 is 9.13 Å². The number of hydrogen-bond donors (Lipinski definition) is 3. The number of anilines is 4. The number of pyridine rings is 1. The lowest BCUT2D eigenvalue weighted by atomic mass is 10.2. The average molecular weight is 364 g/mol. The highest BCUT2D eigenvalue weighted by Gasteiger charge is 2.10. The van der Waals surface area contributed by atoms with Crippen molar-refractivity contribution in [2.45, 2.75) is 6.92 Å². The van der Waals surface area contributed by atoms with Crippen LogP contribution in [0.15, 0.2) is 48.8 Å². The average Bonchev–Trinajstić information content (AvgIpc) is 3.06. The molecular formula is C19H17FN6O. The summed E-state index contributed by atoms with van der Waals surface area (Å²) in [7, 11) is 1.55. The maximum Gasteiger partial charge on any atom is 0.229 e. The Labute approximate surface area is 154 Å². The van der Waals surface area contributed by atoms with Gasteiger partial charge >= 0.3 is 0 Å². The Morgan fingerprint density at radius 1 is 1.07 bits per heavy atom. The van der Waals surface area contributed by atoms with Crippen LogP contribution in [0.2, 0.25) is 0 Å². The van der Waals surface area contributed by atoms with Crippen molar-refractivity contribution in [2.75, 3.05) is 17.7 Å². The first-order valence-corrected chi connectivity index (χ1v) is 8.27. The van der Waals surface area contributed by atoms with E-state index in [0.717, 1.165) is 11.2 Å². The van der Waals surface area contributed by atoms with Crippen molar-refractivity contribution >= 4 is 34.0 Å². The molecule has 0 saturated heterocycles. The van der Waals surface area contributed by atoms with Crippen molar-refractivity contribution in [3.8, 4) is 5.88 Å². The fourth-order valence-electron chi connectivity index (χ4n) is 2.74. The summed E-state index contributed by atoms with van der Waals surface area (Å²) in [6.45, 7) is 1.89. The van der Waals surface area contributed by atoms with Crippen LogP contribution in [0.5, 0.6) is 5.88 Å². The molecule has 0 unspecified atom stereocenters. The van der Waals surface area contributed by atoms with Crippen LogP contribution in [0.4, 0.5) is 27.5 Å². The minimum absolute atomic E-state index is 0.329. The van der Waals surface area contributed by atoms with Crippen LogP contribution in [-0.4, -0.2) is 27.0 Å². The summed E-state index contributed by atoms with van der Waals surface area (Å²) in [5.74, 6) is 1.03. The van der Waals surface area contributed by atoms with Crippen molar-refractivity contribution in [3.63, 3.8) is 0 Å². The molecule has 0 bridgehead atoms. The number of fused-ring (bicyclic) bond motifs is 1. The van der Waals surface area contributed by atoms with Crippen LogP contribution >= 0.6 is 0 Å². The number of aromatic nitrogens is 4. The van der Waals surface area contributed by atoms with Crippen LogP contribution < -0.4 is 15.4 Å². The summed E-state index contributed by atoms with van der Waals surface area (Å²) in [6.07, 6.45) is 3.20. The van der Waals surface area contributed by atoms with Gasteiger partial charge in [0.15, 0.2) is 5.82 Å². The van der Waals surface area contributed by atoms with Crippen molar-refractivity contribution in [1.29, 1.82) is 0 Å². The van der Waals surface area contributed by atoms with E-state index in [0.29, 0.717) is 34.4 Å². The Kier molecular flexibility index (Phi) is 4.29. The van der Waals surface area contributed by atoms with Crippen LogP contribution in [0.3, 0.4) is 0 Å². The van der Waals surface area contributed by atoms with Gasteiger partial charge in [0.2, 0.25) is 11.8 Å². The summed E-state index contributed by atoms with van der Waals surface area (Å²) in [6, 6.07) is 10.5. The maximum atomic E-state index is 14.7. The van der Waals surface area contributed by atoms with Gasteiger partial charge in [0.05, 0.1) is 24.7 Å². The molecule has 0 atom stereocenters. The van der Waals surface area contributed by atoms with Gasteiger partial charge in [-0.3, -0.25) is 0 Å². The van der Waals surface area contributed by atoms with E-state index in [-0.39, 0.29) is 5.82 Å². The smallest absolute Gasteiger partial charge is 0.229 e. The Bertz CT molecular complexity index is 1090. The molecule has 3 heterocycles. The highest BCUT2D eigenvalue weighted by Crippen LogP contribution is 2.27. The summed E-state index contributed by atoms with van der Waals surface area (Å²) >= 11 is 0. The molecule has 3 aromatic heterocycles. The van der Waals surface area contributed by atoms with Gasteiger partial charge in [-0.25, -0.2) is 14.4 Å². The number of ether oxygens (including phenoxy) is 1. The van der Waals surface area contributed by atoms with Gasteiger partial charge in [-0.2, -0.15) is 4.98 Å². The minimum atomic E-state index is -0.329. The van der Waals surface area contributed by atoms with Gasteiger partial charge in [-0.05, 0) is 37.3 Å². The number of aromatic amines is 1. The lowest BCUT2D eigenvalue weighted by Crippen LogP contribution is -2.01. The van der Waals surface area contributed by atoms with E-state index < -0.39 is 0 Å². The second kappa shape index (κ2) is 6.91. The van der Waals surface area contributed by atoms with Crippen LogP contribution in [0, 0.1) is 12.7 Å². The topological polar surface area (TPSA) is 87.8 Å². The number of nitrogens with one attached hydrogen (secondary N) is 3. The van der Waals surface area contributed by atoms with E-state index in [1.807, 2.05) is 13.0 Å². The lowest BCUT2D eigenvalue weighted by molar-refractivity contribution is 0.398. The van der Waals surface area contributed by atoms with Crippen LogP contribution in [-0.2, 0) is 0 Å². The third-order valence-corrected chi connectivity index (χ3v) is 3.99. The molecule has 4 aromatic rings. The second-order valence-electron chi connectivity index (χ2n) is 5.95. The lowest BCUT2D eigenvalue weighted by Gasteiger charge is -2.09. The Hall–Kier alpha value is -3.68. The van der Waals surface area contributed by atoms with Crippen LogP contribution in [0.25, 0.3) is 10.9 Å². The predicted octanol–water partition coefficient (Wildman–Crippen LogP) is 4.30. The number of H-pyrrole nitrogens is 1. The molecule has 4 rings (SSSR count). The summed E-state index contributed by atoms with van der Waals surface area (Å²) in [5, 5.41) is 6.59. The first-order valence-electron chi connectivity index (χ1n) is 8.27. The molecule has 0 aliphatic heterocycles. The molecule has 0 aliphatic rings. The van der Waals surface area contributed by atoms with Crippen molar-refractivity contribution in [3.05, 3.63) is 60.3 Å². The summed E-state index contributed by atoms with van der Waals surface area (Å²) < 4.78 is 19.8. The Morgan fingerprint density at radius 3 is 2.74 bits per heavy atom. The molecule has 1 aromatic carbocycles. The van der Waals surface area contributed by atoms with Gasteiger partial charge in [-0.1, -0.05) is 0 Å². The number of nitrogens with zero attached hydrogens (tertiary/aromatic N) is 3. The molecule has 0 fully saturated rings. The largest absolute Gasteiger partial charge is 0.481 e. The summed E-state index contributed by atoms with van der Waals surface area (Å²) in [4.78, 5) is 15.8. The molecule has 0 amide bonds. The number of rotatable bonds is 5. The first kappa shape index (κ1) is 16.8. The van der Waals surface area contributed by atoms with Gasteiger partial charge in [0.1, 0.15) is 5.82 Å². The van der Waals surface area contributed by atoms with Crippen molar-refractivity contribution in [1.82, 2.24) is 19.9 Å². The van der Waals surface area contributed by atoms with Gasteiger partial charge in [-0.15, -0.1) is 0 Å². The first-order chi connectivity index (χ1) is 13.1. The number of aryl methyl sites for hydroxylation is 1. The molecule has 0 spiro atoms. The predicted molar refractivity (Wildman–Crippen MR) is 102 cm³/mol. The van der Waals surface area contributed by atoms with E-state index >= 15 is 0 Å². The molecule has 0 aliphatic carbocycles. The van der Waals surface area contributed by atoms with E-state index in [4.69, 9.17) is 4.74 Å². The Balaban J connectivity index is 1.56. The van der Waals surface area contributed by atoms with Gasteiger partial charge in [0, 0.05) is 28.9 Å². The molecule has 8 heteroatoms. The molecule has 0 saturated carbocycles. The van der Waals surface area contributed by atoms with E-state index in [1.165, 1.54) is 0 Å². The van der Waals surface area contributed by atoms with Crippen molar-refractivity contribution in [2.24, 2.45) is 0 Å². The quantitative estimate of drug-likeness (QED) is 0.489. The number of methoxy groups -OCH3 is 1. The van der Waals surface area contributed by atoms with E-state index in [9.17, 15) is 4.39 Å².